The number of nitrogens with zero attached hydrogens (tertiary/aromatic N) is 1. The van der Waals surface area contributed by atoms with Crippen LogP contribution < -0.4 is 4.74 Å². The van der Waals surface area contributed by atoms with Gasteiger partial charge in [-0.1, -0.05) is 17.7 Å². The Morgan fingerprint density at radius 3 is 2.62 bits per heavy atom. The fourth-order valence-corrected chi connectivity index (χ4v) is 4.46. The number of ether oxygens (including phenoxy) is 2. The van der Waals surface area contributed by atoms with E-state index in [4.69, 9.17) is 21.1 Å². The minimum absolute atomic E-state index is 0.191. The van der Waals surface area contributed by atoms with E-state index in [0.29, 0.717) is 23.6 Å². The Hall–Kier alpha value is -1.52. The molecule has 0 saturated carbocycles. The Morgan fingerprint density at radius 1 is 1.25 bits per heavy atom. The van der Waals surface area contributed by atoms with Crippen molar-refractivity contribution in [2.45, 2.75) is 25.7 Å². The quantitative estimate of drug-likeness (QED) is 0.783. The summed E-state index contributed by atoms with van der Waals surface area (Å²) >= 11 is 6.37. The standard InChI is InChI=1S/C19H22ClNO3/c1-23-14-10-13-2-3-15(17(13)16(20)11-14)18(22)24-12-19-4-7-21(8-5-19)9-6-19/h3,10-11H,2,4-9,12H2,1H3. The molecule has 3 aliphatic heterocycles. The minimum atomic E-state index is -0.247. The molecule has 4 nitrogen and oxygen atoms in total. The van der Waals surface area contributed by atoms with E-state index in [1.807, 2.05) is 12.1 Å². The smallest absolute Gasteiger partial charge is 0.338 e. The van der Waals surface area contributed by atoms with Gasteiger partial charge in [0.2, 0.25) is 0 Å². The van der Waals surface area contributed by atoms with Crippen molar-refractivity contribution in [3.8, 4) is 5.75 Å². The SMILES string of the molecule is COc1cc(Cl)c2c(c1)CC=C2C(=O)OCC12CCN(CC1)CC2. The number of fused-ring (bicyclic) bond motifs is 4. The van der Waals surface area contributed by atoms with E-state index in [2.05, 4.69) is 4.90 Å². The molecule has 3 saturated heterocycles. The van der Waals surface area contributed by atoms with Gasteiger partial charge in [-0.3, -0.25) is 0 Å². The largest absolute Gasteiger partial charge is 0.497 e. The van der Waals surface area contributed by atoms with Crippen LogP contribution in [0.1, 0.15) is 30.4 Å². The number of benzene rings is 1. The molecule has 2 bridgehead atoms. The van der Waals surface area contributed by atoms with Crippen molar-refractivity contribution in [1.82, 2.24) is 4.90 Å². The van der Waals surface area contributed by atoms with Gasteiger partial charge in [0, 0.05) is 11.0 Å². The lowest BCUT2D eigenvalue weighted by Crippen LogP contribution is -2.50. The van der Waals surface area contributed by atoms with E-state index >= 15 is 0 Å². The zero-order valence-corrected chi connectivity index (χ0v) is 14.7. The highest BCUT2D eigenvalue weighted by molar-refractivity contribution is 6.35. The second kappa shape index (κ2) is 6.08. The molecule has 1 aliphatic carbocycles. The molecular weight excluding hydrogens is 326 g/mol. The van der Waals surface area contributed by atoms with Gasteiger partial charge in [0.25, 0.3) is 0 Å². The average Bonchev–Trinajstić information content (AvgIpc) is 3.06. The Bertz CT molecular complexity index is 691. The predicted octanol–water partition coefficient (Wildman–Crippen LogP) is 3.32. The van der Waals surface area contributed by atoms with Crippen LogP contribution in [0.4, 0.5) is 0 Å². The number of rotatable bonds is 4. The minimum Gasteiger partial charge on any atom is -0.497 e. The molecule has 3 heterocycles. The van der Waals surface area contributed by atoms with Gasteiger partial charge in [-0.25, -0.2) is 4.79 Å². The van der Waals surface area contributed by atoms with Crippen molar-refractivity contribution in [2.24, 2.45) is 5.41 Å². The van der Waals surface area contributed by atoms with E-state index < -0.39 is 0 Å². The Balaban J connectivity index is 1.47. The van der Waals surface area contributed by atoms with Crippen molar-refractivity contribution in [2.75, 3.05) is 33.4 Å². The highest BCUT2D eigenvalue weighted by atomic mass is 35.5. The Kier molecular flexibility index (Phi) is 4.05. The summed E-state index contributed by atoms with van der Waals surface area (Å²) in [6, 6.07) is 3.69. The van der Waals surface area contributed by atoms with Crippen molar-refractivity contribution in [1.29, 1.82) is 0 Å². The molecule has 5 rings (SSSR count). The molecule has 0 spiro atoms. The fraction of sp³-hybridized carbons (Fsp3) is 0.526. The van der Waals surface area contributed by atoms with Gasteiger partial charge in [0.05, 0.1) is 24.3 Å². The van der Waals surface area contributed by atoms with Gasteiger partial charge in [-0.2, -0.15) is 0 Å². The maximum absolute atomic E-state index is 12.6. The van der Waals surface area contributed by atoms with E-state index in [1.165, 1.54) is 0 Å². The van der Waals surface area contributed by atoms with Crippen molar-refractivity contribution in [3.05, 3.63) is 34.4 Å². The first-order chi connectivity index (χ1) is 11.6. The molecule has 0 unspecified atom stereocenters. The molecule has 24 heavy (non-hydrogen) atoms. The summed E-state index contributed by atoms with van der Waals surface area (Å²) < 4.78 is 11.0. The summed E-state index contributed by atoms with van der Waals surface area (Å²) in [5.41, 5.74) is 2.62. The van der Waals surface area contributed by atoms with Crippen LogP contribution in [0.25, 0.3) is 5.57 Å². The molecule has 4 aliphatic rings. The number of piperidine rings is 3. The predicted molar refractivity (Wildman–Crippen MR) is 93.4 cm³/mol. The zero-order valence-electron chi connectivity index (χ0n) is 13.9. The lowest BCUT2D eigenvalue weighted by Gasteiger charge is -2.47. The maximum Gasteiger partial charge on any atom is 0.338 e. The van der Waals surface area contributed by atoms with Crippen LogP contribution in [0.3, 0.4) is 0 Å². The molecule has 0 amide bonds. The van der Waals surface area contributed by atoms with Gasteiger partial charge >= 0.3 is 5.97 Å². The molecule has 0 aromatic heterocycles. The Labute approximate surface area is 147 Å². The Morgan fingerprint density at radius 2 is 1.96 bits per heavy atom. The highest BCUT2D eigenvalue weighted by Gasteiger charge is 2.40. The second-order valence-corrected chi connectivity index (χ2v) is 7.54. The highest BCUT2D eigenvalue weighted by Crippen LogP contribution is 2.41. The summed E-state index contributed by atoms with van der Waals surface area (Å²) in [7, 11) is 1.62. The third-order valence-electron chi connectivity index (χ3n) is 5.78. The molecular formula is C19H22ClNO3. The maximum atomic E-state index is 12.6. The number of esters is 1. The lowest BCUT2D eigenvalue weighted by molar-refractivity contribution is -0.143. The summed E-state index contributed by atoms with van der Waals surface area (Å²) in [5.74, 6) is 0.470. The summed E-state index contributed by atoms with van der Waals surface area (Å²) in [4.78, 5) is 15.1. The third-order valence-corrected chi connectivity index (χ3v) is 6.08. The first-order valence-corrected chi connectivity index (χ1v) is 8.94. The zero-order chi connectivity index (χ0) is 16.7. The van der Waals surface area contributed by atoms with E-state index in [9.17, 15) is 4.79 Å². The molecule has 0 N–H and O–H groups in total. The molecule has 128 valence electrons. The van der Waals surface area contributed by atoms with Crippen LogP contribution in [0.15, 0.2) is 18.2 Å². The number of hydrogen-bond donors (Lipinski definition) is 0. The van der Waals surface area contributed by atoms with Gasteiger partial charge < -0.3 is 14.4 Å². The van der Waals surface area contributed by atoms with Crippen molar-refractivity contribution < 1.29 is 14.3 Å². The monoisotopic (exact) mass is 347 g/mol. The topological polar surface area (TPSA) is 38.8 Å². The van der Waals surface area contributed by atoms with Gasteiger partial charge in [0.1, 0.15) is 5.75 Å². The molecule has 0 atom stereocenters. The summed E-state index contributed by atoms with van der Waals surface area (Å²) in [6.45, 7) is 3.93. The number of halogens is 1. The fourth-order valence-electron chi connectivity index (χ4n) is 4.13. The van der Waals surface area contributed by atoms with Crippen molar-refractivity contribution >= 4 is 23.1 Å². The molecule has 3 fully saturated rings. The number of allylic oxidation sites excluding steroid dienone is 1. The molecule has 1 aromatic rings. The van der Waals surface area contributed by atoms with Crippen LogP contribution >= 0.6 is 11.6 Å². The number of carbonyl (C=O) groups excluding carboxylic acids is 1. The van der Waals surface area contributed by atoms with Crippen LogP contribution in [0, 0.1) is 5.41 Å². The van der Waals surface area contributed by atoms with E-state index in [-0.39, 0.29) is 11.4 Å². The number of carbonyl (C=O) groups is 1. The average molecular weight is 348 g/mol. The van der Waals surface area contributed by atoms with Crippen LogP contribution in [0.2, 0.25) is 5.02 Å². The third kappa shape index (κ3) is 2.72. The molecule has 0 radical (unpaired) electrons. The van der Waals surface area contributed by atoms with E-state index in [0.717, 1.165) is 55.8 Å². The van der Waals surface area contributed by atoms with E-state index in [1.54, 1.807) is 13.2 Å². The summed E-state index contributed by atoms with van der Waals surface area (Å²) in [5, 5.41) is 0.550. The van der Waals surface area contributed by atoms with Gasteiger partial charge in [0.15, 0.2) is 0 Å². The lowest BCUT2D eigenvalue weighted by atomic mass is 9.73. The van der Waals surface area contributed by atoms with Gasteiger partial charge in [-0.05, 0) is 63.0 Å². The normalized spacial score (nSPS) is 27.6. The number of methoxy groups -OCH3 is 1. The van der Waals surface area contributed by atoms with Crippen LogP contribution in [-0.2, 0) is 16.0 Å². The van der Waals surface area contributed by atoms with Crippen molar-refractivity contribution in [3.63, 3.8) is 0 Å². The summed E-state index contributed by atoms with van der Waals surface area (Å²) in [6.07, 6.45) is 6.01. The molecule has 5 heteroatoms. The first kappa shape index (κ1) is 16.0. The van der Waals surface area contributed by atoms with Crippen LogP contribution in [-0.4, -0.2) is 44.2 Å². The first-order valence-electron chi connectivity index (χ1n) is 8.57. The van der Waals surface area contributed by atoms with Crippen LogP contribution in [0.5, 0.6) is 5.75 Å². The van der Waals surface area contributed by atoms with Gasteiger partial charge in [-0.15, -0.1) is 0 Å². The molecule has 1 aromatic carbocycles. The number of hydrogen-bond acceptors (Lipinski definition) is 4. The second-order valence-electron chi connectivity index (χ2n) is 7.13.